The SMILES string of the molecule is CCC[C@@H]1C(=O)O[C@H]2[C@@H]1OC(=O)[C@@H]2CCC. The second-order valence-electron chi connectivity index (χ2n) is 4.59. The Kier molecular flexibility index (Phi) is 3.17. The van der Waals surface area contributed by atoms with E-state index in [9.17, 15) is 9.59 Å². The van der Waals surface area contributed by atoms with Gasteiger partial charge in [-0.05, 0) is 12.8 Å². The number of esters is 2. The van der Waals surface area contributed by atoms with Gasteiger partial charge in [-0.25, -0.2) is 0 Å². The van der Waals surface area contributed by atoms with Crippen molar-refractivity contribution >= 4 is 11.9 Å². The fourth-order valence-electron chi connectivity index (χ4n) is 2.65. The van der Waals surface area contributed by atoms with Crippen LogP contribution in [0.5, 0.6) is 0 Å². The van der Waals surface area contributed by atoms with Crippen molar-refractivity contribution in [2.75, 3.05) is 0 Å². The summed E-state index contributed by atoms with van der Waals surface area (Å²) in [5.74, 6) is -0.850. The minimum atomic E-state index is -0.323. The third kappa shape index (κ3) is 1.70. The van der Waals surface area contributed by atoms with Crippen LogP contribution in [-0.2, 0) is 19.1 Å². The lowest BCUT2D eigenvalue weighted by molar-refractivity contribution is -0.152. The molecule has 2 saturated heterocycles. The Labute approximate surface area is 95.3 Å². The van der Waals surface area contributed by atoms with Gasteiger partial charge >= 0.3 is 11.9 Å². The van der Waals surface area contributed by atoms with Crippen molar-refractivity contribution in [3.63, 3.8) is 0 Å². The molecule has 0 spiro atoms. The normalized spacial score (nSPS) is 37.1. The minimum absolute atomic E-state index is 0.189. The van der Waals surface area contributed by atoms with E-state index in [2.05, 4.69) is 0 Å². The Morgan fingerprint density at radius 2 is 1.25 bits per heavy atom. The standard InChI is InChI=1S/C12H18O4/c1-3-5-7-9-10(16-11(7)13)8(6-4-2)12(14)15-9/h7-10H,3-6H2,1-2H3/t7-,8+,9-,10-/m1/s1. The Bertz CT molecular complexity index is 269. The minimum Gasteiger partial charge on any atom is -0.457 e. The summed E-state index contributed by atoms with van der Waals surface area (Å²) in [5.41, 5.74) is 0. The molecule has 0 bridgehead atoms. The summed E-state index contributed by atoms with van der Waals surface area (Å²) in [4.78, 5) is 23.2. The third-order valence-corrected chi connectivity index (χ3v) is 3.43. The zero-order chi connectivity index (χ0) is 11.7. The molecule has 0 saturated carbocycles. The van der Waals surface area contributed by atoms with Gasteiger partial charge in [0, 0.05) is 0 Å². The molecule has 0 radical (unpaired) electrons. The maximum absolute atomic E-state index is 11.6. The molecule has 0 aromatic heterocycles. The van der Waals surface area contributed by atoms with E-state index in [1.54, 1.807) is 0 Å². The van der Waals surface area contributed by atoms with Crippen LogP contribution in [-0.4, -0.2) is 24.1 Å². The summed E-state index contributed by atoms with van der Waals surface area (Å²) in [6.45, 7) is 4.03. The van der Waals surface area contributed by atoms with Gasteiger partial charge < -0.3 is 9.47 Å². The van der Waals surface area contributed by atoms with Crippen molar-refractivity contribution in [3.05, 3.63) is 0 Å². The van der Waals surface area contributed by atoms with E-state index in [4.69, 9.17) is 9.47 Å². The largest absolute Gasteiger partial charge is 0.457 e. The zero-order valence-corrected chi connectivity index (χ0v) is 9.77. The van der Waals surface area contributed by atoms with Gasteiger partial charge in [-0.1, -0.05) is 26.7 Å². The molecule has 2 aliphatic heterocycles. The van der Waals surface area contributed by atoms with Crippen molar-refractivity contribution < 1.29 is 19.1 Å². The van der Waals surface area contributed by atoms with Gasteiger partial charge in [-0.15, -0.1) is 0 Å². The predicted molar refractivity (Wildman–Crippen MR) is 56.6 cm³/mol. The summed E-state index contributed by atoms with van der Waals surface area (Å²) in [6.07, 6.45) is 2.64. The molecule has 4 atom stereocenters. The second-order valence-corrected chi connectivity index (χ2v) is 4.59. The maximum atomic E-state index is 11.6. The number of carbonyl (C=O) groups is 2. The molecule has 90 valence electrons. The van der Waals surface area contributed by atoms with Gasteiger partial charge in [-0.2, -0.15) is 0 Å². The molecule has 0 aromatic carbocycles. The molecule has 2 fully saturated rings. The van der Waals surface area contributed by atoms with Crippen LogP contribution in [0.4, 0.5) is 0 Å². The van der Waals surface area contributed by atoms with Crippen LogP contribution in [0.25, 0.3) is 0 Å². The van der Waals surface area contributed by atoms with E-state index in [1.807, 2.05) is 13.8 Å². The average molecular weight is 226 g/mol. The Morgan fingerprint density at radius 1 is 0.875 bits per heavy atom. The van der Waals surface area contributed by atoms with Crippen LogP contribution in [0, 0.1) is 11.8 Å². The van der Waals surface area contributed by atoms with Gasteiger partial charge in [0.05, 0.1) is 11.8 Å². The van der Waals surface area contributed by atoms with Crippen molar-refractivity contribution in [3.8, 4) is 0 Å². The lowest BCUT2D eigenvalue weighted by Gasteiger charge is -2.11. The Balaban J connectivity index is 2.11. The summed E-state index contributed by atoms with van der Waals surface area (Å²) >= 11 is 0. The molecule has 0 unspecified atom stereocenters. The van der Waals surface area contributed by atoms with Gasteiger partial charge in [0.25, 0.3) is 0 Å². The molecule has 2 aliphatic rings. The van der Waals surface area contributed by atoms with Gasteiger partial charge in [0.2, 0.25) is 0 Å². The lowest BCUT2D eigenvalue weighted by Crippen LogP contribution is -2.26. The second kappa shape index (κ2) is 4.44. The topological polar surface area (TPSA) is 52.6 Å². The lowest BCUT2D eigenvalue weighted by atomic mass is 9.91. The number of hydrogen-bond acceptors (Lipinski definition) is 4. The molecular formula is C12H18O4. The van der Waals surface area contributed by atoms with Crippen molar-refractivity contribution in [2.24, 2.45) is 11.8 Å². The number of carbonyl (C=O) groups excluding carboxylic acids is 2. The summed E-state index contributed by atoms with van der Waals surface area (Å²) in [6, 6.07) is 0. The molecule has 0 aliphatic carbocycles. The van der Waals surface area contributed by atoms with E-state index in [-0.39, 0.29) is 36.0 Å². The molecule has 2 rings (SSSR count). The highest BCUT2D eigenvalue weighted by molar-refractivity contribution is 5.82. The molecule has 0 amide bonds. The monoisotopic (exact) mass is 226 g/mol. The van der Waals surface area contributed by atoms with Crippen LogP contribution in [0.15, 0.2) is 0 Å². The van der Waals surface area contributed by atoms with E-state index >= 15 is 0 Å². The predicted octanol–water partition coefficient (Wildman–Crippen LogP) is 1.67. The summed E-state index contributed by atoms with van der Waals surface area (Å²) in [5, 5.41) is 0. The number of rotatable bonds is 4. The maximum Gasteiger partial charge on any atom is 0.313 e. The molecule has 4 heteroatoms. The fourth-order valence-corrected chi connectivity index (χ4v) is 2.65. The highest BCUT2D eigenvalue weighted by Crippen LogP contribution is 2.39. The Morgan fingerprint density at radius 3 is 1.56 bits per heavy atom. The molecule has 16 heavy (non-hydrogen) atoms. The molecule has 2 heterocycles. The molecule has 0 aromatic rings. The summed E-state index contributed by atoms with van der Waals surface area (Å²) < 4.78 is 10.6. The van der Waals surface area contributed by atoms with Crippen LogP contribution >= 0.6 is 0 Å². The summed E-state index contributed by atoms with van der Waals surface area (Å²) in [7, 11) is 0. The van der Waals surface area contributed by atoms with Gasteiger partial charge in [0.15, 0.2) is 12.2 Å². The van der Waals surface area contributed by atoms with Crippen LogP contribution < -0.4 is 0 Å². The first-order chi connectivity index (χ1) is 7.69. The first-order valence-electron chi connectivity index (χ1n) is 6.10. The number of ether oxygens (including phenoxy) is 2. The van der Waals surface area contributed by atoms with Gasteiger partial charge in [0.1, 0.15) is 0 Å². The van der Waals surface area contributed by atoms with Gasteiger partial charge in [-0.3, -0.25) is 9.59 Å². The molecular weight excluding hydrogens is 208 g/mol. The fraction of sp³-hybridized carbons (Fsp3) is 0.833. The van der Waals surface area contributed by atoms with Crippen molar-refractivity contribution in [1.29, 1.82) is 0 Å². The zero-order valence-electron chi connectivity index (χ0n) is 9.77. The molecule has 0 N–H and O–H groups in total. The van der Waals surface area contributed by atoms with Crippen molar-refractivity contribution in [1.82, 2.24) is 0 Å². The third-order valence-electron chi connectivity index (χ3n) is 3.43. The smallest absolute Gasteiger partial charge is 0.313 e. The molecule has 4 nitrogen and oxygen atoms in total. The van der Waals surface area contributed by atoms with Crippen molar-refractivity contribution in [2.45, 2.75) is 51.7 Å². The number of hydrogen-bond donors (Lipinski definition) is 0. The average Bonchev–Trinajstić information content (AvgIpc) is 2.69. The first-order valence-corrected chi connectivity index (χ1v) is 6.10. The Hall–Kier alpha value is -1.06. The highest BCUT2D eigenvalue weighted by atomic mass is 16.6. The first kappa shape index (κ1) is 11.4. The highest BCUT2D eigenvalue weighted by Gasteiger charge is 2.56. The van der Waals surface area contributed by atoms with E-state index in [0.717, 1.165) is 25.7 Å². The van der Waals surface area contributed by atoms with E-state index < -0.39 is 0 Å². The quantitative estimate of drug-likeness (QED) is 0.684. The van der Waals surface area contributed by atoms with Crippen LogP contribution in [0.3, 0.4) is 0 Å². The van der Waals surface area contributed by atoms with Crippen LogP contribution in [0.1, 0.15) is 39.5 Å². The number of fused-ring (bicyclic) bond motifs is 1. The van der Waals surface area contributed by atoms with E-state index in [0.29, 0.717) is 0 Å². The van der Waals surface area contributed by atoms with E-state index in [1.165, 1.54) is 0 Å². The van der Waals surface area contributed by atoms with Crippen LogP contribution in [0.2, 0.25) is 0 Å².